The average molecular weight is 281 g/mol. The Morgan fingerprint density at radius 3 is 2.75 bits per heavy atom. The van der Waals surface area contributed by atoms with Gasteiger partial charge in [0.15, 0.2) is 0 Å². The number of carbonyl (C=O) groups excluding carboxylic acids is 1. The van der Waals surface area contributed by atoms with E-state index in [-0.39, 0.29) is 6.09 Å². The first-order valence-electron chi connectivity index (χ1n) is 6.54. The van der Waals surface area contributed by atoms with E-state index in [0.29, 0.717) is 31.1 Å². The molecule has 0 saturated carbocycles. The van der Waals surface area contributed by atoms with E-state index < -0.39 is 5.60 Å². The zero-order valence-electron chi connectivity index (χ0n) is 12.5. The van der Waals surface area contributed by atoms with Gasteiger partial charge in [0.05, 0.1) is 12.2 Å². The van der Waals surface area contributed by atoms with E-state index in [1.807, 2.05) is 26.8 Å². The minimum atomic E-state index is -0.498. The summed E-state index contributed by atoms with van der Waals surface area (Å²) in [4.78, 5) is 17.3. The van der Waals surface area contributed by atoms with Gasteiger partial charge in [-0.2, -0.15) is 0 Å². The number of amides is 1. The van der Waals surface area contributed by atoms with Crippen LogP contribution in [0.1, 0.15) is 26.5 Å². The lowest BCUT2D eigenvalue weighted by Gasteiger charge is -2.24. The van der Waals surface area contributed by atoms with Crippen molar-refractivity contribution in [2.45, 2.75) is 32.9 Å². The molecule has 0 spiro atoms. The van der Waals surface area contributed by atoms with Crippen LogP contribution >= 0.6 is 0 Å². The zero-order valence-corrected chi connectivity index (χ0v) is 12.5. The van der Waals surface area contributed by atoms with E-state index in [2.05, 4.69) is 4.98 Å². The summed E-state index contributed by atoms with van der Waals surface area (Å²) in [6, 6.07) is 3.59. The van der Waals surface area contributed by atoms with Gasteiger partial charge < -0.3 is 20.1 Å². The Balaban J connectivity index is 2.42. The third-order valence-corrected chi connectivity index (χ3v) is 2.43. The zero-order chi connectivity index (χ0) is 15.2. The smallest absolute Gasteiger partial charge is 0.410 e. The van der Waals surface area contributed by atoms with Crippen molar-refractivity contribution in [3.63, 3.8) is 0 Å². The number of carbonyl (C=O) groups is 1. The van der Waals surface area contributed by atoms with Crippen molar-refractivity contribution in [2.24, 2.45) is 5.73 Å². The van der Waals surface area contributed by atoms with Gasteiger partial charge in [0, 0.05) is 19.8 Å². The molecule has 0 unspecified atom stereocenters. The lowest BCUT2D eigenvalue weighted by Crippen LogP contribution is -2.36. The highest BCUT2D eigenvalue weighted by molar-refractivity contribution is 5.67. The minimum absolute atomic E-state index is 0.318. The van der Waals surface area contributed by atoms with Crippen LogP contribution in [0, 0.1) is 0 Å². The maximum atomic E-state index is 11.7. The summed E-state index contributed by atoms with van der Waals surface area (Å²) in [5.41, 5.74) is 5.78. The Hall–Kier alpha value is -1.82. The van der Waals surface area contributed by atoms with Crippen molar-refractivity contribution in [1.29, 1.82) is 0 Å². The normalized spacial score (nSPS) is 11.1. The second kappa shape index (κ2) is 7.09. The van der Waals surface area contributed by atoms with Crippen LogP contribution in [-0.4, -0.2) is 41.8 Å². The number of aromatic nitrogens is 1. The Kier molecular flexibility index (Phi) is 5.76. The third kappa shape index (κ3) is 5.44. The van der Waals surface area contributed by atoms with Crippen molar-refractivity contribution < 1.29 is 14.3 Å². The van der Waals surface area contributed by atoms with Crippen LogP contribution in [0.15, 0.2) is 18.3 Å². The van der Waals surface area contributed by atoms with Crippen LogP contribution in [0.2, 0.25) is 0 Å². The van der Waals surface area contributed by atoms with Gasteiger partial charge in [0.25, 0.3) is 0 Å². The predicted octanol–water partition coefficient (Wildman–Crippen LogP) is 1.79. The third-order valence-electron chi connectivity index (χ3n) is 2.43. The summed E-state index contributed by atoms with van der Waals surface area (Å²) in [5, 5.41) is 0. The number of nitrogens with two attached hydrogens (primary N) is 1. The summed E-state index contributed by atoms with van der Waals surface area (Å²) < 4.78 is 10.8. The number of hydrogen-bond donors (Lipinski definition) is 1. The highest BCUT2D eigenvalue weighted by atomic mass is 16.6. The van der Waals surface area contributed by atoms with Gasteiger partial charge in [0.1, 0.15) is 18.0 Å². The molecule has 1 aromatic rings. The molecule has 112 valence electrons. The molecule has 2 N–H and O–H groups in total. The quantitative estimate of drug-likeness (QED) is 0.890. The van der Waals surface area contributed by atoms with Gasteiger partial charge in [-0.15, -0.1) is 0 Å². The fraction of sp³-hybridized carbons (Fsp3) is 0.571. The number of ether oxygens (including phenoxy) is 2. The van der Waals surface area contributed by atoms with Gasteiger partial charge in [-0.25, -0.2) is 4.79 Å². The lowest BCUT2D eigenvalue weighted by atomic mass is 10.2. The van der Waals surface area contributed by atoms with Crippen LogP contribution in [0.3, 0.4) is 0 Å². The predicted molar refractivity (Wildman–Crippen MR) is 76.5 cm³/mol. The summed E-state index contributed by atoms with van der Waals surface area (Å²) in [6.45, 7) is 6.59. The Labute approximate surface area is 119 Å². The van der Waals surface area contributed by atoms with E-state index in [1.54, 1.807) is 19.3 Å². The van der Waals surface area contributed by atoms with Gasteiger partial charge in [0.2, 0.25) is 0 Å². The van der Waals surface area contributed by atoms with E-state index in [0.717, 1.165) is 0 Å². The molecule has 0 fully saturated rings. The molecule has 0 aliphatic heterocycles. The molecule has 0 saturated heterocycles. The second-order valence-electron chi connectivity index (χ2n) is 5.40. The SMILES string of the molecule is CN(CCOc1cccnc1CN)C(=O)OC(C)(C)C. The maximum Gasteiger partial charge on any atom is 0.410 e. The fourth-order valence-corrected chi connectivity index (χ4v) is 1.43. The molecule has 0 aliphatic carbocycles. The van der Waals surface area contributed by atoms with Crippen LogP contribution in [0.4, 0.5) is 4.79 Å². The molecule has 6 nitrogen and oxygen atoms in total. The first-order chi connectivity index (χ1) is 9.33. The molecule has 0 radical (unpaired) electrons. The van der Waals surface area contributed by atoms with E-state index in [1.165, 1.54) is 4.90 Å². The first kappa shape index (κ1) is 16.2. The lowest BCUT2D eigenvalue weighted by molar-refractivity contribution is 0.0278. The van der Waals surface area contributed by atoms with Crippen molar-refractivity contribution in [3.8, 4) is 5.75 Å². The Morgan fingerprint density at radius 2 is 2.15 bits per heavy atom. The molecule has 1 rings (SSSR count). The molecule has 1 heterocycles. The van der Waals surface area contributed by atoms with E-state index in [9.17, 15) is 4.79 Å². The molecule has 20 heavy (non-hydrogen) atoms. The summed E-state index contributed by atoms with van der Waals surface area (Å²) in [5.74, 6) is 0.646. The van der Waals surface area contributed by atoms with Gasteiger partial charge in [-0.1, -0.05) is 0 Å². The van der Waals surface area contributed by atoms with Crippen LogP contribution in [0.25, 0.3) is 0 Å². The van der Waals surface area contributed by atoms with Gasteiger partial charge in [-0.3, -0.25) is 4.98 Å². The van der Waals surface area contributed by atoms with Crippen molar-refractivity contribution in [1.82, 2.24) is 9.88 Å². The minimum Gasteiger partial charge on any atom is -0.490 e. The van der Waals surface area contributed by atoms with E-state index in [4.69, 9.17) is 15.2 Å². The fourth-order valence-electron chi connectivity index (χ4n) is 1.43. The number of likely N-dealkylation sites (N-methyl/N-ethyl adjacent to an activating group) is 1. The van der Waals surface area contributed by atoms with Crippen LogP contribution < -0.4 is 10.5 Å². The van der Waals surface area contributed by atoms with Crippen molar-refractivity contribution in [2.75, 3.05) is 20.2 Å². The molecular weight excluding hydrogens is 258 g/mol. The summed E-state index contributed by atoms with van der Waals surface area (Å²) in [6.07, 6.45) is 1.30. The number of pyridine rings is 1. The molecule has 1 aromatic heterocycles. The molecule has 0 bridgehead atoms. The Bertz CT molecular complexity index is 444. The topological polar surface area (TPSA) is 77.7 Å². The van der Waals surface area contributed by atoms with Crippen LogP contribution in [0.5, 0.6) is 5.75 Å². The standard InChI is InChI=1S/C14H23N3O3/c1-14(2,3)20-13(18)17(4)8-9-19-12-6-5-7-16-11(12)10-15/h5-7H,8-10,15H2,1-4H3. The van der Waals surface area contributed by atoms with Gasteiger partial charge >= 0.3 is 6.09 Å². The highest BCUT2D eigenvalue weighted by Gasteiger charge is 2.19. The van der Waals surface area contributed by atoms with E-state index >= 15 is 0 Å². The summed E-state index contributed by atoms with van der Waals surface area (Å²) >= 11 is 0. The largest absolute Gasteiger partial charge is 0.490 e. The van der Waals surface area contributed by atoms with Crippen molar-refractivity contribution in [3.05, 3.63) is 24.0 Å². The van der Waals surface area contributed by atoms with Gasteiger partial charge in [-0.05, 0) is 32.9 Å². The number of rotatable bonds is 5. The molecular formula is C14H23N3O3. The molecule has 0 aliphatic rings. The first-order valence-corrected chi connectivity index (χ1v) is 6.54. The van der Waals surface area contributed by atoms with Crippen molar-refractivity contribution >= 4 is 6.09 Å². The molecule has 1 amide bonds. The second-order valence-corrected chi connectivity index (χ2v) is 5.40. The molecule has 0 aromatic carbocycles. The monoisotopic (exact) mass is 281 g/mol. The van der Waals surface area contributed by atoms with Crippen LogP contribution in [-0.2, 0) is 11.3 Å². The molecule has 6 heteroatoms. The Morgan fingerprint density at radius 1 is 1.45 bits per heavy atom. The maximum absolute atomic E-state index is 11.7. The highest BCUT2D eigenvalue weighted by Crippen LogP contribution is 2.14. The number of nitrogens with zero attached hydrogens (tertiary/aromatic N) is 2. The summed E-state index contributed by atoms with van der Waals surface area (Å²) in [7, 11) is 1.67. The average Bonchev–Trinajstić information content (AvgIpc) is 2.37. The number of hydrogen-bond acceptors (Lipinski definition) is 5. The molecule has 0 atom stereocenters.